The molecule has 1 aliphatic rings. The number of carbonyl (C=O) groups is 3. The molecule has 0 unspecified atom stereocenters. The summed E-state index contributed by atoms with van der Waals surface area (Å²) in [5.41, 5.74) is 3.11. The quantitative estimate of drug-likeness (QED) is 0.597. The first-order valence-corrected chi connectivity index (χ1v) is 10.2. The van der Waals surface area contributed by atoms with Gasteiger partial charge in [-0.15, -0.1) is 0 Å². The van der Waals surface area contributed by atoms with Crippen molar-refractivity contribution >= 4 is 29.2 Å². The first-order chi connectivity index (χ1) is 15.5. The number of para-hydroxylation sites is 2. The third-order valence-corrected chi connectivity index (χ3v) is 5.02. The van der Waals surface area contributed by atoms with Gasteiger partial charge in [-0.2, -0.15) is 0 Å². The number of fused-ring (bicyclic) bond motifs is 1. The molecule has 162 valence electrons. The Morgan fingerprint density at radius 3 is 2.38 bits per heavy atom. The molecule has 0 bridgehead atoms. The lowest BCUT2D eigenvalue weighted by molar-refractivity contribution is -0.121. The van der Waals surface area contributed by atoms with Gasteiger partial charge in [-0.1, -0.05) is 24.3 Å². The summed E-state index contributed by atoms with van der Waals surface area (Å²) in [5.74, 6) is -0.107. The van der Waals surface area contributed by atoms with Crippen LogP contribution in [0.2, 0.25) is 0 Å². The van der Waals surface area contributed by atoms with Gasteiger partial charge in [0.2, 0.25) is 0 Å². The van der Waals surface area contributed by atoms with E-state index in [-0.39, 0.29) is 18.4 Å². The number of rotatable bonds is 6. The van der Waals surface area contributed by atoms with Crippen LogP contribution in [0, 0.1) is 0 Å². The van der Waals surface area contributed by atoms with Crippen molar-refractivity contribution in [3.8, 4) is 5.75 Å². The minimum Gasteiger partial charge on any atom is -0.482 e. The zero-order valence-electron chi connectivity index (χ0n) is 17.5. The zero-order chi connectivity index (χ0) is 22.5. The predicted molar refractivity (Wildman–Crippen MR) is 120 cm³/mol. The predicted octanol–water partition coefficient (Wildman–Crippen LogP) is 4.04. The minimum absolute atomic E-state index is 0.00641. The molecule has 7 nitrogen and oxygen atoms in total. The minimum atomic E-state index is -0.401. The van der Waals surface area contributed by atoms with E-state index in [0.717, 1.165) is 11.3 Å². The largest absolute Gasteiger partial charge is 0.482 e. The van der Waals surface area contributed by atoms with Crippen LogP contribution in [0.1, 0.15) is 33.2 Å². The van der Waals surface area contributed by atoms with Crippen molar-refractivity contribution in [3.05, 3.63) is 89.5 Å². The maximum absolute atomic E-state index is 12.6. The number of esters is 1. The van der Waals surface area contributed by atoms with Crippen LogP contribution in [0.15, 0.2) is 72.8 Å². The van der Waals surface area contributed by atoms with E-state index in [9.17, 15) is 14.4 Å². The van der Waals surface area contributed by atoms with E-state index in [0.29, 0.717) is 35.7 Å². The van der Waals surface area contributed by atoms with Gasteiger partial charge < -0.3 is 19.7 Å². The Bertz CT molecular complexity index is 1140. The lowest BCUT2D eigenvalue weighted by Crippen LogP contribution is -2.38. The molecular formula is C25H22N2O5. The topological polar surface area (TPSA) is 84.9 Å². The van der Waals surface area contributed by atoms with Gasteiger partial charge in [-0.3, -0.25) is 9.59 Å². The summed E-state index contributed by atoms with van der Waals surface area (Å²) in [7, 11) is 0. The molecule has 0 aliphatic carbocycles. The molecule has 3 aromatic rings. The second-order valence-electron chi connectivity index (χ2n) is 7.19. The van der Waals surface area contributed by atoms with E-state index < -0.39 is 5.97 Å². The van der Waals surface area contributed by atoms with Gasteiger partial charge in [-0.25, -0.2) is 4.79 Å². The smallest absolute Gasteiger partial charge is 0.338 e. The average Bonchev–Trinajstić information content (AvgIpc) is 2.82. The summed E-state index contributed by atoms with van der Waals surface area (Å²) in [6.45, 7) is 2.44. The van der Waals surface area contributed by atoms with Crippen molar-refractivity contribution in [1.82, 2.24) is 0 Å². The Hall–Kier alpha value is -4.13. The van der Waals surface area contributed by atoms with Crippen LogP contribution in [0.5, 0.6) is 5.75 Å². The van der Waals surface area contributed by atoms with Crippen LogP contribution >= 0.6 is 0 Å². The maximum Gasteiger partial charge on any atom is 0.338 e. The van der Waals surface area contributed by atoms with Crippen molar-refractivity contribution in [2.45, 2.75) is 13.5 Å². The van der Waals surface area contributed by atoms with Gasteiger partial charge >= 0.3 is 5.97 Å². The van der Waals surface area contributed by atoms with Gasteiger partial charge in [0.05, 0.1) is 24.4 Å². The average molecular weight is 430 g/mol. The lowest BCUT2D eigenvalue weighted by atomic mass is 10.1. The molecule has 4 rings (SSSR count). The highest BCUT2D eigenvalue weighted by molar-refractivity contribution is 6.04. The van der Waals surface area contributed by atoms with Gasteiger partial charge in [0, 0.05) is 11.3 Å². The Morgan fingerprint density at radius 2 is 1.66 bits per heavy atom. The van der Waals surface area contributed by atoms with Crippen LogP contribution in [0.3, 0.4) is 0 Å². The Balaban J connectivity index is 1.41. The monoisotopic (exact) mass is 430 g/mol. The maximum atomic E-state index is 12.6. The van der Waals surface area contributed by atoms with Gasteiger partial charge in [0.1, 0.15) is 5.75 Å². The SMILES string of the molecule is CCOC(=O)c1ccc(NC(=O)c2ccc(CN3C(=O)COc4ccccc43)cc2)cc1. The summed E-state index contributed by atoms with van der Waals surface area (Å²) in [5, 5.41) is 2.81. The molecule has 0 spiro atoms. The molecule has 0 fully saturated rings. The van der Waals surface area contributed by atoms with Gasteiger partial charge in [0.25, 0.3) is 11.8 Å². The number of hydrogen-bond donors (Lipinski definition) is 1. The molecule has 0 atom stereocenters. The lowest BCUT2D eigenvalue weighted by Gasteiger charge is -2.29. The Labute approximate surface area is 185 Å². The molecule has 32 heavy (non-hydrogen) atoms. The molecule has 2 amide bonds. The van der Waals surface area contributed by atoms with Crippen molar-refractivity contribution in [1.29, 1.82) is 0 Å². The van der Waals surface area contributed by atoms with E-state index >= 15 is 0 Å². The molecule has 0 saturated carbocycles. The molecule has 1 N–H and O–H groups in total. The van der Waals surface area contributed by atoms with E-state index in [1.165, 1.54) is 0 Å². The van der Waals surface area contributed by atoms with Gasteiger partial charge in [-0.05, 0) is 61.0 Å². The number of ether oxygens (including phenoxy) is 2. The third kappa shape index (κ3) is 4.62. The number of amides is 2. The highest BCUT2D eigenvalue weighted by atomic mass is 16.5. The van der Waals surface area contributed by atoms with Crippen molar-refractivity contribution in [2.75, 3.05) is 23.4 Å². The van der Waals surface area contributed by atoms with Crippen LogP contribution in [-0.2, 0) is 16.1 Å². The van der Waals surface area contributed by atoms with Crippen LogP contribution in [0.25, 0.3) is 0 Å². The number of nitrogens with zero attached hydrogens (tertiary/aromatic N) is 1. The molecule has 0 aromatic heterocycles. The Morgan fingerprint density at radius 1 is 0.969 bits per heavy atom. The molecule has 1 heterocycles. The summed E-state index contributed by atoms with van der Waals surface area (Å²) in [6, 6.07) is 21.0. The first kappa shape index (κ1) is 21.1. The number of anilines is 2. The number of carbonyl (C=O) groups excluding carboxylic acids is 3. The van der Waals surface area contributed by atoms with E-state index in [1.807, 2.05) is 36.4 Å². The molecule has 0 saturated heterocycles. The molecular weight excluding hydrogens is 408 g/mol. The fourth-order valence-electron chi connectivity index (χ4n) is 3.38. The van der Waals surface area contributed by atoms with Crippen molar-refractivity contribution in [2.24, 2.45) is 0 Å². The molecule has 0 radical (unpaired) electrons. The summed E-state index contributed by atoms with van der Waals surface area (Å²) in [4.78, 5) is 38.3. The highest BCUT2D eigenvalue weighted by Gasteiger charge is 2.25. The van der Waals surface area contributed by atoms with E-state index in [4.69, 9.17) is 9.47 Å². The van der Waals surface area contributed by atoms with Crippen molar-refractivity contribution < 1.29 is 23.9 Å². The molecule has 3 aromatic carbocycles. The standard InChI is InChI=1S/C25H22N2O5/c1-2-31-25(30)19-11-13-20(14-12-19)26-24(29)18-9-7-17(8-10-18)15-27-21-5-3-4-6-22(21)32-16-23(27)28/h3-14H,2,15-16H2,1H3,(H,26,29). The fourth-order valence-corrected chi connectivity index (χ4v) is 3.38. The number of hydrogen-bond acceptors (Lipinski definition) is 5. The second kappa shape index (κ2) is 9.34. The zero-order valence-corrected chi connectivity index (χ0v) is 17.5. The van der Waals surface area contributed by atoms with Crippen LogP contribution in [0.4, 0.5) is 11.4 Å². The third-order valence-electron chi connectivity index (χ3n) is 5.02. The molecule has 7 heteroatoms. The van der Waals surface area contributed by atoms with Crippen molar-refractivity contribution in [3.63, 3.8) is 0 Å². The summed E-state index contributed by atoms with van der Waals surface area (Å²) < 4.78 is 10.4. The first-order valence-electron chi connectivity index (χ1n) is 10.2. The second-order valence-corrected chi connectivity index (χ2v) is 7.19. The van der Waals surface area contributed by atoms with Crippen LogP contribution < -0.4 is 15.0 Å². The van der Waals surface area contributed by atoms with Crippen LogP contribution in [-0.4, -0.2) is 31.0 Å². The number of benzene rings is 3. The molecule has 1 aliphatic heterocycles. The summed E-state index contributed by atoms with van der Waals surface area (Å²) >= 11 is 0. The van der Waals surface area contributed by atoms with E-state index in [2.05, 4.69) is 5.32 Å². The summed E-state index contributed by atoms with van der Waals surface area (Å²) in [6.07, 6.45) is 0. The highest BCUT2D eigenvalue weighted by Crippen LogP contribution is 2.32. The normalized spacial score (nSPS) is 12.5. The van der Waals surface area contributed by atoms with E-state index in [1.54, 1.807) is 48.2 Å². The number of nitrogens with one attached hydrogen (secondary N) is 1. The van der Waals surface area contributed by atoms with Gasteiger partial charge in [0.15, 0.2) is 6.61 Å². The Kier molecular flexibility index (Phi) is 6.17. The fraction of sp³-hybridized carbons (Fsp3) is 0.160.